The molecule has 0 saturated carbocycles. The summed E-state index contributed by atoms with van der Waals surface area (Å²) in [5.41, 5.74) is 2.44. The Labute approximate surface area is 267 Å². The van der Waals surface area contributed by atoms with E-state index in [0.717, 1.165) is 15.4 Å². The van der Waals surface area contributed by atoms with Crippen molar-refractivity contribution < 1.29 is 18.0 Å². The van der Waals surface area contributed by atoms with Crippen LogP contribution in [0.4, 0.5) is 5.69 Å². The van der Waals surface area contributed by atoms with E-state index in [4.69, 9.17) is 34.8 Å². The fourth-order valence-corrected chi connectivity index (χ4v) is 6.60. The van der Waals surface area contributed by atoms with Crippen molar-refractivity contribution in [3.63, 3.8) is 0 Å². The fourth-order valence-electron chi connectivity index (χ4n) is 4.55. The lowest BCUT2D eigenvalue weighted by molar-refractivity contribution is -0.139. The third kappa shape index (κ3) is 7.89. The van der Waals surface area contributed by atoms with Crippen molar-refractivity contribution in [3.8, 4) is 0 Å². The van der Waals surface area contributed by atoms with Crippen molar-refractivity contribution in [2.75, 3.05) is 17.9 Å². The number of hydrogen-bond donors (Lipinski definition) is 1. The van der Waals surface area contributed by atoms with Gasteiger partial charge in [0.1, 0.15) is 12.6 Å². The molecule has 4 aromatic rings. The summed E-state index contributed by atoms with van der Waals surface area (Å²) in [6.45, 7) is 1.14. The molecular weight excluding hydrogens is 629 g/mol. The lowest BCUT2D eigenvalue weighted by Gasteiger charge is -2.34. The summed E-state index contributed by atoms with van der Waals surface area (Å²) in [5.74, 6) is -1.05. The molecule has 2 amide bonds. The largest absolute Gasteiger partial charge is 0.357 e. The van der Waals surface area contributed by atoms with E-state index in [1.165, 1.54) is 36.2 Å². The number of nitrogens with zero attached hydrogens (tertiary/aromatic N) is 2. The van der Waals surface area contributed by atoms with Gasteiger partial charge < -0.3 is 10.2 Å². The van der Waals surface area contributed by atoms with Gasteiger partial charge in [-0.05, 0) is 61.0 Å². The van der Waals surface area contributed by atoms with Crippen LogP contribution in [0.3, 0.4) is 0 Å². The second-order valence-electron chi connectivity index (χ2n) is 9.84. The van der Waals surface area contributed by atoms with Gasteiger partial charge in [-0.2, -0.15) is 0 Å². The molecule has 0 fully saturated rings. The highest BCUT2D eigenvalue weighted by Gasteiger charge is 2.35. The summed E-state index contributed by atoms with van der Waals surface area (Å²) >= 11 is 19.0. The third-order valence-electron chi connectivity index (χ3n) is 6.91. The van der Waals surface area contributed by atoms with Gasteiger partial charge >= 0.3 is 0 Å². The molecule has 0 bridgehead atoms. The van der Waals surface area contributed by atoms with Crippen LogP contribution in [0.1, 0.15) is 16.7 Å². The predicted octanol–water partition coefficient (Wildman–Crippen LogP) is 6.54. The van der Waals surface area contributed by atoms with Crippen molar-refractivity contribution in [1.82, 2.24) is 10.2 Å². The standard InChI is InChI=1S/C32H30Cl3N3O4S/c1-22-11-15-25(16-12-22)38(43(41,42)26-17-13-24(33)14-18-26)21-31(39)37(20-27-28(34)9-6-10-29(27)35)30(32(40)36-2)19-23-7-4-3-5-8-23/h3-18,30H,19-21H2,1-2H3,(H,36,40)/t30-/m1/s1. The molecule has 7 nitrogen and oxygen atoms in total. The first-order chi connectivity index (χ1) is 20.5. The molecule has 0 aliphatic heterocycles. The Hall–Kier alpha value is -3.56. The molecule has 224 valence electrons. The molecule has 0 aliphatic rings. The van der Waals surface area contributed by atoms with Crippen LogP contribution in [0.5, 0.6) is 0 Å². The maximum absolute atomic E-state index is 14.3. The number of amides is 2. The van der Waals surface area contributed by atoms with Gasteiger partial charge in [0.15, 0.2) is 0 Å². The molecule has 4 rings (SSSR count). The number of benzene rings is 4. The number of halogens is 3. The van der Waals surface area contributed by atoms with Crippen LogP contribution in [0, 0.1) is 6.92 Å². The number of sulfonamides is 1. The third-order valence-corrected chi connectivity index (χ3v) is 9.66. The van der Waals surface area contributed by atoms with Gasteiger partial charge in [0.25, 0.3) is 10.0 Å². The molecule has 0 aliphatic carbocycles. The van der Waals surface area contributed by atoms with E-state index in [2.05, 4.69) is 5.32 Å². The van der Waals surface area contributed by atoms with Crippen molar-refractivity contribution in [3.05, 3.63) is 129 Å². The minimum atomic E-state index is -4.24. The highest BCUT2D eigenvalue weighted by molar-refractivity contribution is 7.92. The van der Waals surface area contributed by atoms with Gasteiger partial charge in [-0.15, -0.1) is 0 Å². The highest BCUT2D eigenvalue weighted by Crippen LogP contribution is 2.29. The summed E-state index contributed by atoms with van der Waals surface area (Å²) in [6, 6.07) is 25.7. The smallest absolute Gasteiger partial charge is 0.264 e. The van der Waals surface area contributed by atoms with E-state index >= 15 is 0 Å². The molecule has 0 spiro atoms. The predicted molar refractivity (Wildman–Crippen MR) is 172 cm³/mol. The van der Waals surface area contributed by atoms with E-state index in [-0.39, 0.29) is 23.5 Å². The number of likely N-dealkylation sites (N-methyl/N-ethyl adjacent to an activating group) is 1. The number of nitrogens with one attached hydrogen (secondary N) is 1. The molecule has 1 N–H and O–H groups in total. The summed E-state index contributed by atoms with van der Waals surface area (Å²) in [6.07, 6.45) is 0.169. The molecule has 0 saturated heterocycles. The summed E-state index contributed by atoms with van der Waals surface area (Å²) in [7, 11) is -2.76. The summed E-state index contributed by atoms with van der Waals surface area (Å²) < 4.78 is 29.0. The Balaban J connectivity index is 1.81. The summed E-state index contributed by atoms with van der Waals surface area (Å²) in [5, 5.41) is 3.63. The maximum Gasteiger partial charge on any atom is 0.264 e. The van der Waals surface area contributed by atoms with Gasteiger partial charge in [0.2, 0.25) is 11.8 Å². The van der Waals surface area contributed by atoms with E-state index in [1.54, 1.807) is 42.5 Å². The van der Waals surface area contributed by atoms with E-state index in [9.17, 15) is 18.0 Å². The molecule has 0 radical (unpaired) electrons. The van der Waals surface area contributed by atoms with E-state index < -0.39 is 34.4 Å². The minimum Gasteiger partial charge on any atom is -0.357 e. The quantitative estimate of drug-likeness (QED) is 0.198. The number of aryl methyl sites for hydroxylation is 1. The molecule has 0 unspecified atom stereocenters. The van der Waals surface area contributed by atoms with Crippen LogP contribution in [-0.2, 0) is 32.6 Å². The van der Waals surface area contributed by atoms with Crippen molar-refractivity contribution in [2.45, 2.75) is 30.8 Å². The average Bonchev–Trinajstić information content (AvgIpc) is 2.99. The van der Waals surface area contributed by atoms with E-state index in [1.807, 2.05) is 37.3 Å². The van der Waals surface area contributed by atoms with Crippen LogP contribution in [-0.4, -0.2) is 44.8 Å². The minimum absolute atomic E-state index is 0.0434. The Bertz CT molecular complexity index is 1660. The summed E-state index contributed by atoms with van der Waals surface area (Å²) in [4.78, 5) is 29.0. The fraction of sp³-hybridized carbons (Fsp3) is 0.188. The van der Waals surface area contributed by atoms with Crippen molar-refractivity contribution in [1.29, 1.82) is 0 Å². The molecule has 4 aromatic carbocycles. The van der Waals surface area contributed by atoms with Crippen LogP contribution >= 0.6 is 34.8 Å². The lowest BCUT2D eigenvalue weighted by Crippen LogP contribution is -2.53. The number of carbonyl (C=O) groups excluding carboxylic acids is 2. The molecular formula is C32H30Cl3N3O4S. The second-order valence-corrected chi connectivity index (χ2v) is 13.0. The molecule has 11 heteroatoms. The molecule has 43 heavy (non-hydrogen) atoms. The molecule has 0 heterocycles. The lowest BCUT2D eigenvalue weighted by atomic mass is 10.0. The zero-order chi connectivity index (χ0) is 31.1. The number of hydrogen-bond acceptors (Lipinski definition) is 4. The first-order valence-electron chi connectivity index (χ1n) is 13.3. The Morgan fingerprint density at radius 3 is 2.00 bits per heavy atom. The van der Waals surface area contributed by atoms with Gasteiger partial charge in [-0.25, -0.2) is 8.42 Å². The van der Waals surface area contributed by atoms with Crippen LogP contribution < -0.4 is 9.62 Å². The SMILES string of the molecule is CNC(=O)[C@@H](Cc1ccccc1)N(Cc1c(Cl)cccc1Cl)C(=O)CN(c1ccc(C)cc1)S(=O)(=O)c1ccc(Cl)cc1. The van der Waals surface area contributed by atoms with Gasteiger partial charge in [0.05, 0.1) is 10.6 Å². The van der Waals surface area contributed by atoms with Crippen LogP contribution in [0.25, 0.3) is 0 Å². The number of anilines is 1. The Morgan fingerprint density at radius 2 is 1.42 bits per heavy atom. The topological polar surface area (TPSA) is 86.8 Å². The van der Waals surface area contributed by atoms with Crippen LogP contribution in [0.15, 0.2) is 102 Å². The van der Waals surface area contributed by atoms with E-state index in [0.29, 0.717) is 20.6 Å². The molecule has 1 atom stereocenters. The Morgan fingerprint density at radius 1 is 0.814 bits per heavy atom. The monoisotopic (exact) mass is 657 g/mol. The number of rotatable bonds is 11. The average molecular weight is 659 g/mol. The first-order valence-corrected chi connectivity index (χ1v) is 15.9. The van der Waals surface area contributed by atoms with Crippen molar-refractivity contribution in [2.24, 2.45) is 0 Å². The van der Waals surface area contributed by atoms with Gasteiger partial charge in [-0.3, -0.25) is 13.9 Å². The van der Waals surface area contributed by atoms with Crippen molar-refractivity contribution >= 4 is 62.3 Å². The highest BCUT2D eigenvalue weighted by atomic mass is 35.5. The maximum atomic E-state index is 14.3. The van der Waals surface area contributed by atoms with Crippen LogP contribution in [0.2, 0.25) is 15.1 Å². The van der Waals surface area contributed by atoms with Gasteiger partial charge in [-0.1, -0.05) is 88.9 Å². The normalized spacial score (nSPS) is 11.9. The molecule has 0 aromatic heterocycles. The zero-order valence-corrected chi connectivity index (χ0v) is 26.6. The first kappa shape index (κ1) is 32.4. The van der Waals surface area contributed by atoms with Gasteiger partial charge in [0, 0.05) is 40.6 Å². The second kappa shape index (κ2) is 14.3. The number of carbonyl (C=O) groups is 2. The zero-order valence-electron chi connectivity index (χ0n) is 23.5. The Kier molecular flexibility index (Phi) is 10.7.